The fraction of sp³-hybridized carbons (Fsp3) is 0.222. The van der Waals surface area contributed by atoms with Crippen molar-refractivity contribution < 1.29 is 9.72 Å². The number of benzene rings is 2. The number of hydrogen-bond acceptors (Lipinski definition) is 4. The van der Waals surface area contributed by atoms with Crippen LogP contribution in [0.5, 0.6) is 0 Å². The number of imidazole rings is 1. The van der Waals surface area contributed by atoms with Gasteiger partial charge in [0.2, 0.25) is 11.9 Å². The Bertz CT molecular complexity index is 966. The van der Waals surface area contributed by atoms with E-state index in [0.717, 1.165) is 16.6 Å². The molecule has 126 valence electrons. The SMILES string of the molecule is O=C(Nc1cccc(Cn2cnc3ccccc32)c1)[C@@H]1C[C@H]1[N+](=O)[O-]. The molecule has 0 radical (unpaired) electrons. The van der Waals surface area contributed by atoms with Crippen molar-refractivity contribution in [1.82, 2.24) is 9.55 Å². The average Bonchev–Trinajstić information content (AvgIpc) is 3.32. The van der Waals surface area contributed by atoms with Crippen molar-refractivity contribution >= 4 is 22.6 Å². The number of aromatic nitrogens is 2. The molecule has 1 aromatic heterocycles. The van der Waals surface area contributed by atoms with Crippen LogP contribution in [0.4, 0.5) is 5.69 Å². The summed E-state index contributed by atoms with van der Waals surface area (Å²) in [6.45, 7) is 0.630. The first-order valence-electron chi connectivity index (χ1n) is 8.05. The number of fused-ring (bicyclic) bond motifs is 1. The molecule has 2 atom stereocenters. The second-order valence-corrected chi connectivity index (χ2v) is 6.25. The molecule has 3 aromatic rings. The van der Waals surface area contributed by atoms with E-state index in [9.17, 15) is 14.9 Å². The third-order valence-electron chi connectivity index (χ3n) is 4.44. The minimum absolute atomic E-state index is 0.285. The van der Waals surface area contributed by atoms with Gasteiger partial charge in [-0.25, -0.2) is 4.98 Å². The fourth-order valence-corrected chi connectivity index (χ4v) is 3.01. The van der Waals surface area contributed by atoms with Crippen LogP contribution in [0.25, 0.3) is 11.0 Å². The zero-order chi connectivity index (χ0) is 17.4. The van der Waals surface area contributed by atoms with E-state index in [2.05, 4.69) is 10.3 Å². The average molecular weight is 336 g/mol. The van der Waals surface area contributed by atoms with Gasteiger partial charge in [0.25, 0.3) is 0 Å². The van der Waals surface area contributed by atoms with Crippen LogP contribution >= 0.6 is 0 Å². The summed E-state index contributed by atoms with van der Waals surface area (Å²) in [6.07, 6.45) is 2.11. The molecule has 1 aliphatic rings. The van der Waals surface area contributed by atoms with Gasteiger partial charge in [-0.2, -0.15) is 0 Å². The van der Waals surface area contributed by atoms with E-state index in [1.807, 2.05) is 47.0 Å². The summed E-state index contributed by atoms with van der Waals surface area (Å²) >= 11 is 0. The minimum Gasteiger partial charge on any atom is -0.326 e. The molecule has 1 aliphatic carbocycles. The molecule has 4 rings (SSSR count). The first kappa shape index (κ1) is 15.3. The highest BCUT2D eigenvalue weighted by Gasteiger charge is 2.53. The molecule has 7 heteroatoms. The van der Waals surface area contributed by atoms with Crippen molar-refractivity contribution in [2.45, 2.75) is 19.0 Å². The highest BCUT2D eigenvalue weighted by atomic mass is 16.6. The van der Waals surface area contributed by atoms with E-state index in [1.54, 1.807) is 12.4 Å². The van der Waals surface area contributed by atoms with E-state index < -0.39 is 12.0 Å². The van der Waals surface area contributed by atoms with Crippen LogP contribution in [-0.2, 0) is 11.3 Å². The summed E-state index contributed by atoms with van der Waals surface area (Å²) in [5.74, 6) is -0.803. The third kappa shape index (κ3) is 3.08. The van der Waals surface area contributed by atoms with E-state index in [1.165, 1.54) is 0 Å². The van der Waals surface area contributed by atoms with Gasteiger partial charge in [0.15, 0.2) is 0 Å². The van der Waals surface area contributed by atoms with Gasteiger partial charge in [0.1, 0.15) is 5.92 Å². The van der Waals surface area contributed by atoms with Crippen molar-refractivity contribution in [3.8, 4) is 0 Å². The zero-order valence-electron chi connectivity index (χ0n) is 13.3. The molecule has 0 saturated heterocycles. The van der Waals surface area contributed by atoms with E-state index in [-0.39, 0.29) is 10.8 Å². The summed E-state index contributed by atoms with van der Waals surface area (Å²) < 4.78 is 2.04. The number of hydrogen-bond donors (Lipinski definition) is 1. The predicted octanol–water partition coefficient (Wildman–Crippen LogP) is 2.69. The lowest BCUT2D eigenvalue weighted by Gasteiger charge is -2.08. The number of rotatable bonds is 5. The Balaban J connectivity index is 1.48. The zero-order valence-corrected chi connectivity index (χ0v) is 13.3. The highest BCUT2D eigenvalue weighted by Crippen LogP contribution is 2.34. The van der Waals surface area contributed by atoms with Crippen LogP contribution in [0, 0.1) is 16.0 Å². The third-order valence-corrected chi connectivity index (χ3v) is 4.44. The van der Waals surface area contributed by atoms with Crippen molar-refractivity contribution in [1.29, 1.82) is 0 Å². The smallest absolute Gasteiger partial charge is 0.234 e. The van der Waals surface area contributed by atoms with Gasteiger partial charge < -0.3 is 9.88 Å². The second kappa shape index (κ2) is 6.01. The number of carbonyl (C=O) groups is 1. The molecule has 1 saturated carbocycles. The quantitative estimate of drug-likeness (QED) is 0.573. The van der Waals surface area contributed by atoms with Gasteiger partial charge in [-0.15, -0.1) is 0 Å². The lowest BCUT2D eigenvalue weighted by molar-refractivity contribution is -0.497. The minimum atomic E-state index is -0.736. The van der Waals surface area contributed by atoms with Crippen LogP contribution in [-0.4, -0.2) is 26.4 Å². The van der Waals surface area contributed by atoms with E-state index >= 15 is 0 Å². The number of nitrogens with one attached hydrogen (secondary N) is 1. The number of carbonyl (C=O) groups excluding carboxylic acids is 1. The normalized spacial score (nSPS) is 18.9. The topological polar surface area (TPSA) is 90.1 Å². The van der Waals surface area contributed by atoms with Crippen molar-refractivity contribution in [2.75, 3.05) is 5.32 Å². The van der Waals surface area contributed by atoms with Crippen molar-refractivity contribution in [3.05, 3.63) is 70.5 Å². The number of nitrogens with zero attached hydrogens (tertiary/aromatic N) is 3. The second-order valence-electron chi connectivity index (χ2n) is 6.25. The van der Waals surface area contributed by atoms with E-state index in [0.29, 0.717) is 18.7 Å². The Morgan fingerprint density at radius 3 is 2.92 bits per heavy atom. The Hall–Kier alpha value is -3.22. The Kier molecular flexibility index (Phi) is 3.68. The Morgan fingerprint density at radius 1 is 1.28 bits per heavy atom. The molecule has 2 aromatic carbocycles. The Morgan fingerprint density at radius 2 is 2.12 bits per heavy atom. The summed E-state index contributed by atoms with van der Waals surface area (Å²) in [7, 11) is 0. The standard InChI is InChI=1S/C18H16N4O3/c23-18(14-9-17(14)22(24)25)20-13-5-3-4-12(8-13)10-21-11-19-15-6-1-2-7-16(15)21/h1-8,11,14,17H,9-10H2,(H,20,23)/t14-,17-/m1/s1. The summed E-state index contributed by atoms with van der Waals surface area (Å²) in [5.41, 5.74) is 3.65. The maximum atomic E-state index is 12.1. The molecular weight excluding hydrogens is 320 g/mol. The fourth-order valence-electron chi connectivity index (χ4n) is 3.01. The molecule has 25 heavy (non-hydrogen) atoms. The molecule has 1 fully saturated rings. The van der Waals surface area contributed by atoms with Crippen molar-refractivity contribution in [3.63, 3.8) is 0 Å². The molecule has 7 nitrogen and oxygen atoms in total. The lowest BCUT2D eigenvalue weighted by Crippen LogP contribution is -2.18. The summed E-state index contributed by atoms with van der Waals surface area (Å²) in [4.78, 5) is 26.7. The van der Waals surface area contributed by atoms with Gasteiger partial charge in [-0.3, -0.25) is 14.9 Å². The van der Waals surface area contributed by atoms with Crippen LogP contribution in [0.3, 0.4) is 0 Å². The molecule has 1 N–H and O–H groups in total. The maximum absolute atomic E-state index is 12.1. The number of amides is 1. The van der Waals surface area contributed by atoms with Crippen LogP contribution in [0.2, 0.25) is 0 Å². The predicted molar refractivity (Wildman–Crippen MR) is 92.8 cm³/mol. The summed E-state index contributed by atoms with van der Waals surface area (Å²) in [5, 5.41) is 13.5. The first-order valence-corrected chi connectivity index (χ1v) is 8.05. The molecule has 0 spiro atoms. The van der Waals surface area contributed by atoms with Crippen LogP contribution in [0.1, 0.15) is 12.0 Å². The molecule has 1 heterocycles. The van der Waals surface area contributed by atoms with Gasteiger partial charge >= 0.3 is 0 Å². The van der Waals surface area contributed by atoms with Crippen LogP contribution in [0.15, 0.2) is 54.9 Å². The van der Waals surface area contributed by atoms with Gasteiger partial charge in [0.05, 0.1) is 17.4 Å². The van der Waals surface area contributed by atoms with Gasteiger partial charge in [-0.1, -0.05) is 24.3 Å². The maximum Gasteiger partial charge on any atom is 0.234 e. The largest absolute Gasteiger partial charge is 0.326 e. The molecule has 0 bridgehead atoms. The summed E-state index contributed by atoms with van der Waals surface area (Å²) in [6, 6.07) is 14.7. The number of anilines is 1. The van der Waals surface area contributed by atoms with Crippen molar-refractivity contribution in [2.24, 2.45) is 5.92 Å². The number of nitro groups is 1. The molecular formula is C18H16N4O3. The first-order chi connectivity index (χ1) is 12.1. The Labute approximate surface area is 143 Å². The van der Waals surface area contributed by atoms with Crippen LogP contribution < -0.4 is 5.32 Å². The number of para-hydroxylation sites is 2. The lowest BCUT2D eigenvalue weighted by atomic mass is 10.2. The monoisotopic (exact) mass is 336 g/mol. The molecule has 1 amide bonds. The van der Waals surface area contributed by atoms with E-state index in [4.69, 9.17) is 0 Å². The molecule has 0 unspecified atom stereocenters. The van der Waals surface area contributed by atoms with Gasteiger partial charge in [-0.05, 0) is 29.8 Å². The molecule has 0 aliphatic heterocycles. The van der Waals surface area contributed by atoms with Gasteiger partial charge in [0, 0.05) is 23.6 Å². The highest BCUT2D eigenvalue weighted by molar-refractivity contribution is 5.94.